The summed E-state index contributed by atoms with van der Waals surface area (Å²) in [4.78, 5) is 13.7. The van der Waals surface area contributed by atoms with Crippen molar-refractivity contribution in [1.82, 2.24) is 0 Å². The lowest BCUT2D eigenvalue weighted by molar-refractivity contribution is -0.268. The van der Waals surface area contributed by atoms with Gasteiger partial charge in [-0.25, -0.2) is 0 Å². The predicted molar refractivity (Wildman–Crippen MR) is 137 cm³/mol. The molecule has 0 aliphatic carbocycles. The predicted octanol–water partition coefficient (Wildman–Crippen LogP) is -0.716. The van der Waals surface area contributed by atoms with E-state index in [1.54, 1.807) is 0 Å². The first-order chi connectivity index (χ1) is 19.4. The zero-order valence-electron chi connectivity index (χ0n) is 21.8. The van der Waals surface area contributed by atoms with Crippen LogP contribution in [0.5, 0.6) is 23.0 Å². The Morgan fingerprint density at radius 1 is 0.707 bits per heavy atom. The zero-order valence-corrected chi connectivity index (χ0v) is 21.8. The van der Waals surface area contributed by atoms with Gasteiger partial charge in [0, 0.05) is 17.7 Å². The van der Waals surface area contributed by atoms with Crippen molar-refractivity contribution in [2.75, 3.05) is 0 Å². The highest BCUT2D eigenvalue weighted by Gasteiger charge is 2.45. The minimum absolute atomic E-state index is 0.0859. The summed E-state index contributed by atoms with van der Waals surface area (Å²) in [6.45, 7) is 2.90. The standard InChI is InChI=1S/C27H30O14/c1-9-17(30)20(33)22(35)26(37-9)39-13-7-14(29)16-15(8-13)40-24(11-3-5-12(28)6-4-11)25(19(16)32)41-27-23(36)21(34)18(31)10(2)38-27/h3-10,17-18,20-23,26-31,33-36H,1-2H3/t9-,10-,17-,18-,20-,21-,22+,23+,26?,27?/m0/s1. The largest absolute Gasteiger partial charge is 0.508 e. The van der Waals surface area contributed by atoms with E-state index in [0.717, 1.165) is 6.07 Å². The Balaban J connectivity index is 1.58. The van der Waals surface area contributed by atoms with Gasteiger partial charge in [0.15, 0.2) is 5.76 Å². The van der Waals surface area contributed by atoms with Crippen LogP contribution in [0.3, 0.4) is 0 Å². The fraction of sp³-hybridized carbons (Fsp3) is 0.444. The number of rotatable bonds is 5. The van der Waals surface area contributed by atoms with Crippen LogP contribution in [-0.4, -0.2) is 102 Å². The lowest BCUT2D eigenvalue weighted by Crippen LogP contribution is -2.58. The average Bonchev–Trinajstić information content (AvgIpc) is 2.93. The Hall–Kier alpha value is -3.47. The van der Waals surface area contributed by atoms with Crippen LogP contribution in [0.15, 0.2) is 45.6 Å². The number of phenolic OH excluding ortho intramolecular Hbond substituents is 2. The molecule has 14 nitrogen and oxygen atoms in total. The second kappa shape index (κ2) is 11.1. The molecule has 2 aliphatic heterocycles. The summed E-state index contributed by atoms with van der Waals surface area (Å²) >= 11 is 0. The van der Waals surface area contributed by atoms with Crippen molar-refractivity contribution in [3.8, 4) is 34.3 Å². The third-order valence-corrected chi connectivity index (χ3v) is 7.14. The van der Waals surface area contributed by atoms with E-state index >= 15 is 0 Å². The molecule has 2 aliphatic rings. The third-order valence-electron chi connectivity index (χ3n) is 7.14. The van der Waals surface area contributed by atoms with Crippen molar-refractivity contribution in [2.45, 2.75) is 75.3 Å². The van der Waals surface area contributed by atoms with E-state index in [0.29, 0.717) is 0 Å². The maximum Gasteiger partial charge on any atom is 0.239 e. The first-order valence-electron chi connectivity index (χ1n) is 12.7. The van der Waals surface area contributed by atoms with Crippen molar-refractivity contribution >= 4 is 11.0 Å². The van der Waals surface area contributed by atoms with Gasteiger partial charge in [-0.2, -0.15) is 0 Å². The van der Waals surface area contributed by atoms with Gasteiger partial charge in [0.1, 0.15) is 64.8 Å². The number of aromatic hydroxyl groups is 2. The maximum absolute atomic E-state index is 13.7. The quantitative estimate of drug-likeness (QED) is 0.187. The topological polar surface area (TPSA) is 229 Å². The molecule has 1 aromatic heterocycles. The van der Waals surface area contributed by atoms with Gasteiger partial charge in [-0.1, -0.05) is 0 Å². The SMILES string of the molecule is C[C@@H]1OC(Oc2cc(O)c3c(=O)c(OC4O[C@@H](C)[C@H](O)[C@H](O)[C@H]4O)c(-c4ccc(O)cc4)oc3c2)[C@H](O)[C@@H](O)[C@H]1O. The maximum atomic E-state index is 13.7. The Bertz CT molecular complexity index is 1460. The van der Waals surface area contributed by atoms with Gasteiger partial charge in [0.25, 0.3) is 0 Å². The van der Waals surface area contributed by atoms with Gasteiger partial charge >= 0.3 is 0 Å². The number of hydrogen-bond acceptors (Lipinski definition) is 14. The van der Waals surface area contributed by atoms with Crippen LogP contribution >= 0.6 is 0 Å². The fourth-order valence-corrected chi connectivity index (χ4v) is 4.71. The third kappa shape index (κ3) is 5.31. The zero-order chi connectivity index (χ0) is 29.7. The number of aliphatic hydroxyl groups is 6. The van der Waals surface area contributed by atoms with Crippen LogP contribution in [0.1, 0.15) is 13.8 Å². The number of fused-ring (bicyclic) bond motifs is 1. The van der Waals surface area contributed by atoms with Gasteiger partial charge in [0.05, 0.1) is 12.2 Å². The van der Waals surface area contributed by atoms with Crippen molar-refractivity contribution < 1.29 is 64.2 Å². The minimum Gasteiger partial charge on any atom is -0.508 e. The Morgan fingerprint density at radius 2 is 1.24 bits per heavy atom. The van der Waals surface area contributed by atoms with Crippen molar-refractivity contribution in [3.63, 3.8) is 0 Å². The van der Waals surface area contributed by atoms with E-state index in [9.17, 15) is 45.6 Å². The number of phenols is 2. The van der Waals surface area contributed by atoms with Crippen LogP contribution < -0.4 is 14.9 Å². The summed E-state index contributed by atoms with van der Waals surface area (Å²) in [5.74, 6) is -1.55. The van der Waals surface area contributed by atoms with Crippen LogP contribution in [0.2, 0.25) is 0 Å². The highest BCUT2D eigenvalue weighted by atomic mass is 16.7. The number of benzene rings is 2. The van der Waals surface area contributed by atoms with E-state index in [1.165, 1.54) is 44.2 Å². The molecule has 3 aromatic rings. The molecule has 41 heavy (non-hydrogen) atoms. The molecule has 2 saturated heterocycles. The van der Waals surface area contributed by atoms with Gasteiger partial charge in [0.2, 0.25) is 23.8 Å². The second-order valence-corrected chi connectivity index (χ2v) is 10.1. The smallest absolute Gasteiger partial charge is 0.239 e. The first-order valence-corrected chi connectivity index (χ1v) is 12.7. The van der Waals surface area contributed by atoms with Gasteiger partial charge in [-0.15, -0.1) is 0 Å². The van der Waals surface area contributed by atoms with E-state index < -0.39 is 78.3 Å². The molecule has 10 atom stereocenters. The van der Waals surface area contributed by atoms with Crippen LogP contribution in [0.4, 0.5) is 0 Å². The molecule has 0 saturated carbocycles. The fourth-order valence-electron chi connectivity index (χ4n) is 4.71. The van der Waals surface area contributed by atoms with E-state index in [1.807, 2.05) is 0 Å². The van der Waals surface area contributed by atoms with Crippen molar-refractivity contribution in [3.05, 3.63) is 46.6 Å². The highest BCUT2D eigenvalue weighted by Crippen LogP contribution is 2.38. The van der Waals surface area contributed by atoms with E-state index in [4.69, 9.17) is 23.4 Å². The summed E-state index contributed by atoms with van der Waals surface area (Å²) in [5.41, 5.74) is -0.865. The Labute approximate surface area is 231 Å². The second-order valence-electron chi connectivity index (χ2n) is 10.1. The molecule has 222 valence electrons. The molecule has 0 radical (unpaired) electrons. The molecule has 8 N–H and O–H groups in total. The lowest BCUT2D eigenvalue weighted by Gasteiger charge is -2.39. The number of hydrogen-bond donors (Lipinski definition) is 8. The molecule has 3 heterocycles. The molecule has 2 aromatic carbocycles. The summed E-state index contributed by atoms with van der Waals surface area (Å²) in [6, 6.07) is 7.71. The lowest BCUT2D eigenvalue weighted by atomic mass is 10.00. The summed E-state index contributed by atoms with van der Waals surface area (Å²) < 4.78 is 28.2. The van der Waals surface area contributed by atoms with E-state index in [2.05, 4.69) is 0 Å². The summed E-state index contributed by atoms with van der Waals surface area (Å²) in [7, 11) is 0. The minimum atomic E-state index is -1.76. The van der Waals surface area contributed by atoms with Crippen molar-refractivity contribution in [2.24, 2.45) is 0 Å². The number of ether oxygens (including phenoxy) is 4. The Morgan fingerprint density at radius 3 is 1.80 bits per heavy atom. The normalized spacial score (nSPS) is 34.0. The first kappa shape index (κ1) is 29.0. The average molecular weight is 579 g/mol. The molecule has 5 rings (SSSR count). The highest BCUT2D eigenvalue weighted by molar-refractivity contribution is 5.88. The van der Waals surface area contributed by atoms with Crippen LogP contribution in [-0.2, 0) is 9.47 Å². The molecular formula is C27H30O14. The van der Waals surface area contributed by atoms with Crippen LogP contribution in [0.25, 0.3) is 22.3 Å². The van der Waals surface area contributed by atoms with Crippen molar-refractivity contribution in [1.29, 1.82) is 0 Å². The molecule has 0 spiro atoms. The molecular weight excluding hydrogens is 548 g/mol. The van der Waals surface area contributed by atoms with Crippen LogP contribution in [0, 0.1) is 0 Å². The van der Waals surface area contributed by atoms with Gasteiger partial charge in [-0.3, -0.25) is 4.79 Å². The Kier molecular flexibility index (Phi) is 7.84. The molecule has 0 amide bonds. The molecule has 14 heteroatoms. The summed E-state index contributed by atoms with van der Waals surface area (Å²) in [6.07, 6.45) is -14.3. The molecule has 2 unspecified atom stereocenters. The molecule has 2 fully saturated rings. The summed E-state index contributed by atoms with van der Waals surface area (Å²) in [5, 5.41) is 81.1. The van der Waals surface area contributed by atoms with Gasteiger partial charge in [-0.05, 0) is 38.1 Å². The molecule has 0 bridgehead atoms. The number of aliphatic hydroxyl groups excluding tert-OH is 6. The van der Waals surface area contributed by atoms with E-state index in [-0.39, 0.29) is 33.8 Å². The monoisotopic (exact) mass is 578 g/mol. The van der Waals surface area contributed by atoms with Gasteiger partial charge < -0.3 is 64.2 Å².